The van der Waals surface area contributed by atoms with E-state index in [1.54, 1.807) is 0 Å². The summed E-state index contributed by atoms with van der Waals surface area (Å²) in [5.74, 6) is -2.63. The van der Waals surface area contributed by atoms with Gasteiger partial charge in [0.25, 0.3) is 11.5 Å². The van der Waals surface area contributed by atoms with Crippen LogP contribution in [0.15, 0.2) is 40.2 Å². The second kappa shape index (κ2) is 10.5. The van der Waals surface area contributed by atoms with Crippen LogP contribution in [-0.4, -0.2) is 89.0 Å². The first kappa shape index (κ1) is 25.0. The van der Waals surface area contributed by atoms with Crippen LogP contribution in [0.25, 0.3) is 0 Å². The highest BCUT2D eigenvalue weighted by molar-refractivity contribution is 5.88. The van der Waals surface area contributed by atoms with Crippen LogP contribution in [0.2, 0.25) is 0 Å². The van der Waals surface area contributed by atoms with Gasteiger partial charge in [0, 0.05) is 18.8 Å². The molecule has 0 unspecified atom stereocenters. The first-order valence-electron chi connectivity index (χ1n) is 9.86. The van der Waals surface area contributed by atoms with Crippen molar-refractivity contribution in [2.45, 2.75) is 43.4 Å². The Morgan fingerprint density at radius 2 is 1.91 bits per heavy atom. The Morgan fingerprint density at radius 1 is 1.18 bits per heavy atom. The summed E-state index contributed by atoms with van der Waals surface area (Å²) in [6.07, 6.45) is -8.08. The lowest BCUT2D eigenvalue weighted by Crippen LogP contribution is -2.49. The number of aliphatic hydroxyl groups excluding tert-OH is 4. The van der Waals surface area contributed by atoms with Crippen LogP contribution in [0, 0.1) is 0 Å². The minimum atomic E-state index is -2.25. The molecule has 3 rings (SSSR count). The van der Waals surface area contributed by atoms with E-state index in [0.717, 1.165) is 23.0 Å². The van der Waals surface area contributed by atoms with Crippen molar-refractivity contribution >= 4 is 11.9 Å². The topological polar surface area (TPSA) is 234 Å². The average molecular weight is 482 g/mol. The molecule has 7 N–H and O–H groups in total. The molecule has 1 saturated heterocycles. The molecule has 2 aromatic rings. The fourth-order valence-electron chi connectivity index (χ4n) is 3.07. The van der Waals surface area contributed by atoms with E-state index in [4.69, 9.17) is 14.6 Å². The zero-order valence-corrected chi connectivity index (χ0v) is 17.3. The number of nitrogens with one attached hydrogen (secondary N) is 2. The standard InChI is InChI=1S/C19H22N4O11/c24-9-2-1-8(20-5-9)7-33-18(31)15(29)13(27)16(30)21-6-10-12(26)14(28)17(34-10)23-4-3-11(25)22-19(23)32/h1-5,10,12-15,17,24,26-29H,6-7H2,(H,21,30)(H,22,25,32)/t10-,12-,13-,14-,15-,17-/m1/s1. The number of aromatic amines is 1. The molecule has 0 bridgehead atoms. The maximum atomic E-state index is 12.1. The molecule has 15 nitrogen and oxygen atoms in total. The summed E-state index contributed by atoms with van der Waals surface area (Å²) in [5.41, 5.74) is -1.34. The molecule has 0 spiro atoms. The van der Waals surface area contributed by atoms with Crippen LogP contribution < -0.4 is 16.6 Å². The molecule has 0 aliphatic carbocycles. The summed E-state index contributed by atoms with van der Waals surface area (Å²) in [5, 5.41) is 51.4. The van der Waals surface area contributed by atoms with Gasteiger partial charge in [-0.1, -0.05) is 0 Å². The van der Waals surface area contributed by atoms with Crippen molar-refractivity contribution in [3.8, 4) is 5.75 Å². The van der Waals surface area contributed by atoms with Crippen molar-refractivity contribution in [1.82, 2.24) is 19.9 Å². The second-order valence-corrected chi connectivity index (χ2v) is 7.31. The van der Waals surface area contributed by atoms with E-state index in [1.165, 1.54) is 12.1 Å². The Morgan fingerprint density at radius 3 is 2.56 bits per heavy atom. The molecular weight excluding hydrogens is 460 g/mol. The van der Waals surface area contributed by atoms with Crippen LogP contribution in [0.1, 0.15) is 11.9 Å². The number of rotatable bonds is 8. The maximum absolute atomic E-state index is 12.1. The summed E-state index contributed by atoms with van der Waals surface area (Å²) in [4.78, 5) is 52.8. The van der Waals surface area contributed by atoms with Crippen LogP contribution in [0.5, 0.6) is 5.75 Å². The quantitative estimate of drug-likeness (QED) is 0.178. The fourth-order valence-corrected chi connectivity index (χ4v) is 3.07. The number of esters is 1. The number of amides is 1. The molecule has 34 heavy (non-hydrogen) atoms. The van der Waals surface area contributed by atoms with E-state index >= 15 is 0 Å². The summed E-state index contributed by atoms with van der Waals surface area (Å²) < 4.78 is 11.0. The van der Waals surface area contributed by atoms with Crippen molar-refractivity contribution in [2.24, 2.45) is 0 Å². The van der Waals surface area contributed by atoms with E-state index < -0.39 is 73.0 Å². The van der Waals surface area contributed by atoms with E-state index in [1.807, 2.05) is 4.98 Å². The van der Waals surface area contributed by atoms with Crippen LogP contribution in [0.4, 0.5) is 0 Å². The zero-order chi connectivity index (χ0) is 25.0. The van der Waals surface area contributed by atoms with Crippen LogP contribution in [0.3, 0.4) is 0 Å². The molecule has 6 atom stereocenters. The van der Waals surface area contributed by atoms with Gasteiger partial charge in [-0.2, -0.15) is 0 Å². The average Bonchev–Trinajstić information content (AvgIpc) is 3.09. The highest BCUT2D eigenvalue weighted by atomic mass is 16.6. The van der Waals surface area contributed by atoms with Crippen LogP contribution >= 0.6 is 0 Å². The first-order chi connectivity index (χ1) is 16.1. The van der Waals surface area contributed by atoms with Crippen molar-refractivity contribution in [3.05, 3.63) is 57.1 Å². The van der Waals surface area contributed by atoms with Gasteiger partial charge in [-0.05, 0) is 12.1 Å². The normalized spacial score (nSPS) is 23.8. The number of ether oxygens (including phenoxy) is 2. The Hall–Kier alpha value is -3.63. The van der Waals surface area contributed by atoms with Crippen LogP contribution in [-0.2, 0) is 25.7 Å². The van der Waals surface area contributed by atoms with Gasteiger partial charge in [0.05, 0.1) is 11.9 Å². The van der Waals surface area contributed by atoms with Crippen molar-refractivity contribution < 1.29 is 44.6 Å². The molecule has 184 valence electrons. The largest absolute Gasteiger partial charge is 0.506 e. The predicted octanol–water partition coefficient (Wildman–Crippen LogP) is -4.16. The van der Waals surface area contributed by atoms with Gasteiger partial charge in [0.2, 0.25) is 0 Å². The Bertz CT molecular complexity index is 1130. The lowest BCUT2D eigenvalue weighted by Gasteiger charge is -2.19. The maximum Gasteiger partial charge on any atom is 0.338 e. The Labute approximate surface area is 189 Å². The summed E-state index contributed by atoms with van der Waals surface area (Å²) in [6.45, 7) is -0.863. The Kier molecular flexibility index (Phi) is 7.75. The number of carbonyl (C=O) groups is 2. The highest BCUT2D eigenvalue weighted by Gasteiger charge is 2.44. The van der Waals surface area contributed by atoms with Gasteiger partial charge in [-0.25, -0.2) is 9.59 Å². The number of aromatic hydroxyl groups is 1. The minimum Gasteiger partial charge on any atom is -0.506 e. The lowest BCUT2D eigenvalue weighted by molar-refractivity contribution is -0.165. The van der Waals surface area contributed by atoms with E-state index in [-0.39, 0.29) is 11.4 Å². The third-order valence-electron chi connectivity index (χ3n) is 4.92. The summed E-state index contributed by atoms with van der Waals surface area (Å²) in [7, 11) is 0. The van der Waals surface area contributed by atoms with Crippen molar-refractivity contribution in [3.63, 3.8) is 0 Å². The molecule has 1 aliphatic heterocycles. The van der Waals surface area contributed by atoms with Gasteiger partial charge < -0.3 is 40.3 Å². The number of carbonyl (C=O) groups excluding carboxylic acids is 2. The highest BCUT2D eigenvalue weighted by Crippen LogP contribution is 2.27. The monoisotopic (exact) mass is 482 g/mol. The number of aliphatic hydroxyl groups is 4. The van der Waals surface area contributed by atoms with Gasteiger partial charge in [0.1, 0.15) is 30.7 Å². The number of hydrogen-bond acceptors (Lipinski definition) is 12. The number of nitrogens with zero attached hydrogens (tertiary/aromatic N) is 2. The number of H-pyrrole nitrogens is 1. The summed E-state index contributed by atoms with van der Waals surface area (Å²) in [6, 6.07) is 3.66. The fraction of sp³-hybridized carbons (Fsp3) is 0.421. The smallest absolute Gasteiger partial charge is 0.338 e. The molecule has 3 heterocycles. The second-order valence-electron chi connectivity index (χ2n) is 7.31. The molecular formula is C19H22N4O11. The zero-order valence-electron chi connectivity index (χ0n) is 17.3. The SMILES string of the molecule is O=C(NC[C@H]1O[C@@H](n2ccc(=O)[nH]c2=O)[C@H](O)[C@@H]1O)[C@H](O)[C@@H](O)C(=O)OCc1ccc(O)cn1. The van der Waals surface area contributed by atoms with E-state index in [9.17, 15) is 39.6 Å². The molecule has 1 amide bonds. The number of hydrogen-bond donors (Lipinski definition) is 7. The summed E-state index contributed by atoms with van der Waals surface area (Å²) >= 11 is 0. The lowest BCUT2D eigenvalue weighted by atomic mass is 10.1. The van der Waals surface area contributed by atoms with Crippen molar-refractivity contribution in [1.29, 1.82) is 0 Å². The third-order valence-corrected chi connectivity index (χ3v) is 4.92. The van der Waals surface area contributed by atoms with Gasteiger partial charge in [-0.3, -0.25) is 24.1 Å². The van der Waals surface area contributed by atoms with E-state index in [0.29, 0.717) is 0 Å². The molecule has 1 fully saturated rings. The minimum absolute atomic E-state index is 0.108. The molecule has 1 aliphatic rings. The molecule has 0 saturated carbocycles. The number of aromatic nitrogens is 3. The van der Waals surface area contributed by atoms with E-state index in [2.05, 4.69) is 10.3 Å². The van der Waals surface area contributed by atoms with Crippen molar-refractivity contribution in [2.75, 3.05) is 6.54 Å². The molecule has 15 heteroatoms. The molecule has 2 aromatic heterocycles. The van der Waals surface area contributed by atoms with Gasteiger partial charge in [-0.15, -0.1) is 0 Å². The molecule has 0 radical (unpaired) electrons. The van der Waals surface area contributed by atoms with Gasteiger partial charge in [0.15, 0.2) is 18.4 Å². The van der Waals surface area contributed by atoms with Gasteiger partial charge >= 0.3 is 11.7 Å². The first-order valence-corrected chi connectivity index (χ1v) is 9.86. The number of pyridine rings is 1. The Balaban J connectivity index is 1.52. The molecule has 0 aromatic carbocycles. The third kappa shape index (κ3) is 5.64. The predicted molar refractivity (Wildman–Crippen MR) is 108 cm³/mol.